The number of ether oxygens (including phenoxy) is 1. The molecule has 1 unspecified atom stereocenters. The highest BCUT2D eigenvalue weighted by Gasteiger charge is 2.19. The molecule has 4 nitrogen and oxygen atoms in total. The van der Waals surface area contributed by atoms with Crippen LogP contribution in [0.1, 0.15) is 29.9 Å². The third-order valence-corrected chi connectivity index (χ3v) is 5.09. The molecule has 0 spiro atoms. The summed E-state index contributed by atoms with van der Waals surface area (Å²) in [6.45, 7) is 5.13. The average molecular weight is 398 g/mol. The van der Waals surface area contributed by atoms with Crippen molar-refractivity contribution in [3.63, 3.8) is 0 Å². The van der Waals surface area contributed by atoms with Gasteiger partial charge in [-0.05, 0) is 61.8 Å². The van der Waals surface area contributed by atoms with Gasteiger partial charge in [0.2, 0.25) is 0 Å². The van der Waals surface area contributed by atoms with Crippen LogP contribution in [0, 0.1) is 11.3 Å². The van der Waals surface area contributed by atoms with Gasteiger partial charge in [0.15, 0.2) is 0 Å². The summed E-state index contributed by atoms with van der Waals surface area (Å²) in [5.41, 5.74) is 2.73. The van der Waals surface area contributed by atoms with Crippen molar-refractivity contribution in [2.24, 2.45) is 0 Å². The number of rotatable bonds is 6. The molecule has 1 aliphatic heterocycles. The lowest BCUT2D eigenvalue weighted by Crippen LogP contribution is -2.27. The van der Waals surface area contributed by atoms with E-state index in [1.165, 1.54) is 18.3 Å². The Hall–Kier alpha value is -2.00. The second-order valence-electron chi connectivity index (χ2n) is 6.83. The minimum atomic E-state index is 0.0360. The lowest BCUT2D eigenvalue weighted by Gasteiger charge is -2.22. The first-order valence-corrected chi connectivity index (χ1v) is 9.94. The predicted molar refractivity (Wildman–Crippen MR) is 116 cm³/mol. The second kappa shape index (κ2) is 11.8. The van der Waals surface area contributed by atoms with Crippen LogP contribution in [0.2, 0.25) is 11.8 Å². The number of methoxy groups -OCH3 is 1. The molecule has 147 valence electrons. The molecule has 1 fully saturated rings. The normalized spacial score (nSPS) is 14.5. The smallest absolute Gasteiger partial charge is 0.148 e. The summed E-state index contributed by atoms with van der Waals surface area (Å²) in [6, 6.07) is 15.4. The van der Waals surface area contributed by atoms with Crippen LogP contribution in [0.15, 0.2) is 42.5 Å². The van der Waals surface area contributed by atoms with Crippen LogP contribution in [0.5, 0.6) is 5.75 Å². The zero-order valence-electron chi connectivity index (χ0n) is 16.6. The third kappa shape index (κ3) is 6.87. The molecule has 1 saturated heterocycles. The number of benzene rings is 2. The maximum absolute atomic E-state index is 9.54. The molecule has 1 radical (unpaired) electrons. The molecule has 1 N–H and O–H groups in total. The first kappa shape index (κ1) is 22.3. The van der Waals surface area contributed by atoms with Crippen molar-refractivity contribution in [3.8, 4) is 11.8 Å². The lowest BCUT2D eigenvalue weighted by atomic mass is 9.73. The largest absolute Gasteiger partial charge is 0.497 e. The van der Waals surface area contributed by atoms with Gasteiger partial charge in [-0.25, -0.2) is 0 Å². The summed E-state index contributed by atoms with van der Waals surface area (Å²) in [6.07, 6.45) is 2.47. The molecule has 2 aromatic rings. The molecular formula is C22H27BClN2O2. The van der Waals surface area contributed by atoms with Crippen LogP contribution in [0.3, 0.4) is 0 Å². The van der Waals surface area contributed by atoms with Crippen molar-refractivity contribution >= 4 is 24.3 Å². The molecule has 3 rings (SSSR count). The molecule has 2 aromatic carbocycles. The first-order chi connectivity index (χ1) is 13.6. The van der Waals surface area contributed by atoms with Gasteiger partial charge in [0.25, 0.3) is 0 Å². The van der Waals surface area contributed by atoms with Gasteiger partial charge in [0.05, 0.1) is 25.3 Å². The van der Waals surface area contributed by atoms with Gasteiger partial charge in [-0.1, -0.05) is 36.0 Å². The molecule has 0 saturated carbocycles. The van der Waals surface area contributed by atoms with Crippen LogP contribution < -0.4 is 10.2 Å². The number of nitriles is 1. The Bertz CT molecular complexity index is 748. The molecule has 0 aromatic heterocycles. The Morgan fingerprint density at radius 2 is 1.89 bits per heavy atom. The third-order valence-electron chi connectivity index (χ3n) is 4.87. The Balaban J connectivity index is 0.000000237. The second-order valence-corrected chi connectivity index (χ2v) is 7.27. The number of aliphatic hydroxyl groups is 1. The molecule has 0 aliphatic carbocycles. The quantitative estimate of drug-likeness (QED) is 0.759. The van der Waals surface area contributed by atoms with Crippen LogP contribution in [0.25, 0.3) is 0 Å². The standard InChI is InChI=1S/C14H17ClN2O.C8H10BO/c15-14-6-11(8-16)5-12(7-14)13(10-18)9-17-3-1-2-4-17;1-9-7-3-5-8(10-2)6-4-7/h5-7,13,18H,1-4,9-10H2;3-6H,1-2H3. The Kier molecular flexibility index (Phi) is 9.36. The predicted octanol–water partition coefficient (Wildman–Crippen LogP) is 3.46. The summed E-state index contributed by atoms with van der Waals surface area (Å²) < 4.78 is 5.00. The molecule has 1 atom stereocenters. The molecule has 28 heavy (non-hydrogen) atoms. The fourth-order valence-electron chi connectivity index (χ4n) is 3.25. The van der Waals surface area contributed by atoms with Gasteiger partial charge in [-0.2, -0.15) is 5.26 Å². The summed E-state index contributed by atoms with van der Waals surface area (Å²) in [5, 5.41) is 19.0. The van der Waals surface area contributed by atoms with Crippen molar-refractivity contribution in [2.45, 2.75) is 25.6 Å². The number of likely N-dealkylation sites (tertiary alicyclic amines) is 1. The number of aliphatic hydroxyl groups excluding tert-OH is 1. The topological polar surface area (TPSA) is 56.5 Å². The van der Waals surface area contributed by atoms with Crippen molar-refractivity contribution in [2.75, 3.05) is 33.4 Å². The minimum absolute atomic E-state index is 0.0360. The zero-order valence-corrected chi connectivity index (χ0v) is 17.3. The molecule has 1 heterocycles. The van der Waals surface area contributed by atoms with Gasteiger partial charge in [-0.15, -0.1) is 0 Å². The van der Waals surface area contributed by atoms with E-state index in [1.807, 2.05) is 43.2 Å². The van der Waals surface area contributed by atoms with E-state index >= 15 is 0 Å². The van der Waals surface area contributed by atoms with E-state index in [0.717, 1.165) is 30.9 Å². The highest BCUT2D eigenvalue weighted by atomic mass is 35.5. The highest BCUT2D eigenvalue weighted by Crippen LogP contribution is 2.24. The maximum atomic E-state index is 9.54. The van der Waals surface area contributed by atoms with E-state index in [9.17, 15) is 5.11 Å². The van der Waals surface area contributed by atoms with Gasteiger partial charge in [-0.3, -0.25) is 0 Å². The van der Waals surface area contributed by atoms with Crippen molar-refractivity contribution < 1.29 is 9.84 Å². The van der Waals surface area contributed by atoms with E-state index in [-0.39, 0.29) is 12.5 Å². The van der Waals surface area contributed by atoms with E-state index in [1.54, 1.807) is 13.2 Å². The molecule has 1 aliphatic rings. The molecular weight excluding hydrogens is 371 g/mol. The zero-order chi connectivity index (χ0) is 20.4. The summed E-state index contributed by atoms with van der Waals surface area (Å²) in [7, 11) is 3.73. The SMILES string of the molecule is C[B]c1ccc(OC)cc1.N#Cc1cc(Cl)cc(C(CO)CN2CCCC2)c1. The van der Waals surface area contributed by atoms with Crippen molar-refractivity contribution in [1.29, 1.82) is 5.26 Å². The van der Waals surface area contributed by atoms with Gasteiger partial charge >= 0.3 is 0 Å². The first-order valence-electron chi connectivity index (χ1n) is 9.56. The minimum Gasteiger partial charge on any atom is -0.497 e. The van der Waals surface area contributed by atoms with E-state index in [0.29, 0.717) is 10.6 Å². The summed E-state index contributed by atoms with van der Waals surface area (Å²) >= 11 is 6.00. The maximum Gasteiger partial charge on any atom is 0.148 e. The number of hydrogen-bond donors (Lipinski definition) is 1. The van der Waals surface area contributed by atoms with E-state index in [2.05, 4.69) is 18.2 Å². The van der Waals surface area contributed by atoms with Gasteiger partial charge in [0.1, 0.15) is 13.0 Å². The number of halogens is 1. The highest BCUT2D eigenvalue weighted by molar-refractivity contribution is 6.51. The van der Waals surface area contributed by atoms with E-state index in [4.69, 9.17) is 21.6 Å². The van der Waals surface area contributed by atoms with Crippen LogP contribution in [-0.4, -0.2) is 50.6 Å². The average Bonchev–Trinajstić information content (AvgIpc) is 3.25. The fraction of sp³-hybridized carbons (Fsp3) is 0.409. The Labute approximate surface area is 173 Å². The monoisotopic (exact) mass is 397 g/mol. The lowest BCUT2D eigenvalue weighted by molar-refractivity contribution is 0.220. The van der Waals surface area contributed by atoms with Crippen molar-refractivity contribution in [3.05, 3.63) is 58.6 Å². The Morgan fingerprint density at radius 3 is 2.43 bits per heavy atom. The van der Waals surface area contributed by atoms with Crippen molar-refractivity contribution in [1.82, 2.24) is 4.90 Å². The summed E-state index contributed by atoms with van der Waals surface area (Å²) in [4.78, 5) is 2.35. The molecule has 0 amide bonds. The summed E-state index contributed by atoms with van der Waals surface area (Å²) in [5.74, 6) is 0.944. The Morgan fingerprint density at radius 1 is 1.21 bits per heavy atom. The number of hydrogen-bond acceptors (Lipinski definition) is 4. The molecule has 0 bridgehead atoms. The van der Waals surface area contributed by atoms with Gasteiger partial charge in [0, 0.05) is 17.5 Å². The van der Waals surface area contributed by atoms with Crippen LogP contribution in [-0.2, 0) is 0 Å². The van der Waals surface area contributed by atoms with Gasteiger partial charge < -0.3 is 14.7 Å². The van der Waals surface area contributed by atoms with E-state index < -0.39 is 0 Å². The fourth-order valence-corrected chi connectivity index (χ4v) is 3.50. The molecule has 6 heteroatoms. The number of nitrogens with zero attached hydrogens (tertiary/aromatic N) is 2. The van der Waals surface area contributed by atoms with Crippen LogP contribution in [0.4, 0.5) is 0 Å². The van der Waals surface area contributed by atoms with Crippen LogP contribution >= 0.6 is 11.6 Å².